The minimum Gasteiger partial charge on any atom is -0.357 e. The molecule has 1 saturated heterocycles. The first-order valence-electron chi connectivity index (χ1n) is 11.1. The fourth-order valence-corrected chi connectivity index (χ4v) is 4.36. The van der Waals surface area contributed by atoms with Gasteiger partial charge in [-0.1, -0.05) is 17.3 Å². The molecule has 5 aromatic rings. The normalized spacial score (nSPS) is 14.3. The highest BCUT2D eigenvalue weighted by molar-refractivity contribution is 5.79. The predicted molar refractivity (Wildman–Crippen MR) is 125 cm³/mol. The van der Waals surface area contributed by atoms with Crippen LogP contribution in [0.1, 0.15) is 24.8 Å². The van der Waals surface area contributed by atoms with E-state index in [4.69, 9.17) is 9.97 Å². The molecular weight excluding hydrogens is 398 g/mol. The molecule has 7 nitrogen and oxygen atoms in total. The fraction of sp³-hybridized carbons (Fsp3) is 0.240. The SMILES string of the molecule is c1cnc2ccc(Cn3nnc4ccc(-c5ccc(N6CCCCC6)nc5)nc43)cc2c1. The van der Waals surface area contributed by atoms with Crippen molar-refractivity contribution in [2.45, 2.75) is 25.8 Å². The molecule has 0 saturated carbocycles. The van der Waals surface area contributed by atoms with Crippen molar-refractivity contribution >= 4 is 27.9 Å². The van der Waals surface area contributed by atoms with Crippen molar-refractivity contribution in [2.24, 2.45) is 0 Å². The van der Waals surface area contributed by atoms with Crippen molar-refractivity contribution in [2.75, 3.05) is 18.0 Å². The van der Waals surface area contributed by atoms with E-state index in [2.05, 4.69) is 50.5 Å². The van der Waals surface area contributed by atoms with Crippen molar-refractivity contribution in [1.29, 1.82) is 0 Å². The molecule has 158 valence electrons. The molecule has 1 fully saturated rings. The van der Waals surface area contributed by atoms with Crippen LogP contribution >= 0.6 is 0 Å². The second-order valence-corrected chi connectivity index (χ2v) is 8.27. The van der Waals surface area contributed by atoms with Crippen LogP contribution in [0.5, 0.6) is 0 Å². The van der Waals surface area contributed by atoms with E-state index in [1.807, 2.05) is 41.3 Å². The number of rotatable bonds is 4. The topological polar surface area (TPSA) is 72.6 Å². The molecule has 6 rings (SSSR count). The monoisotopic (exact) mass is 421 g/mol. The summed E-state index contributed by atoms with van der Waals surface area (Å²) in [6.45, 7) is 2.78. The van der Waals surface area contributed by atoms with Crippen LogP contribution in [0.4, 0.5) is 5.82 Å². The summed E-state index contributed by atoms with van der Waals surface area (Å²) >= 11 is 0. The molecule has 0 radical (unpaired) electrons. The summed E-state index contributed by atoms with van der Waals surface area (Å²) in [5.74, 6) is 1.05. The Morgan fingerprint density at radius 2 is 1.75 bits per heavy atom. The average Bonchev–Trinajstić information content (AvgIpc) is 3.26. The Morgan fingerprint density at radius 3 is 2.62 bits per heavy atom. The van der Waals surface area contributed by atoms with E-state index in [0.29, 0.717) is 6.54 Å². The molecule has 1 aliphatic rings. The van der Waals surface area contributed by atoms with Gasteiger partial charge in [0.2, 0.25) is 0 Å². The Morgan fingerprint density at radius 1 is 0.844 bits per heavy atom. The predicted octanol–water partition coefficient (Wildman–Crippen LogP) is 4.48. The molecule has 0 aliphatic carbocycles. The Balaban J connectivity index is 1.29. The Hall–Kier alpha value is -3.87. The zero-order valence-corrected chi connectivity index (χ0v) is 17.7. The average molecular weight is 422 g/mol. The van der Waals surface area contributed by atoms with Crippen molar-refractivity contribution in [1.82, 2.24) is 29.9 Å². The van der Waals surface area contributed by atoms with Gasteiger partial charge < -0.3 is 4.90 Å². The number of benzene rings is 1. The van der Waals surface area contributed by atoms with E-state index in [1.165, 1.54) is 19.3 Å². The summed E-state index contributed by atoms with van der Waals surface area (Å²) in [7, 11) is 0. The van der Waals surface area contributed by atoms with Crippen molar-refractivity contribution in [3.05, 3.63) is 72.6 Å². The quantitative estimate of drug-likeness (QED) is 0.426. The van der Waals surface area contributed by atoms with E-state index in [9.17, 15) is 0 Å². The number of fused-ring (bicyclic) bond motifs is 2. The van der Waals surface area contributed by atoms with Crippen molar-refractivity contribution in [3.8, 4) is 11.3 Å². The van der Waals surface area contributed by atoms with E-state index >= 15 is 0 Å². The largest absolute Gasteiger partial charge is 0.357 e. The molecule has 4 aromatic heterocycles. The van der Waals surface area contributed by atoms with Crippen LogP contribution in [0.2, 0.25) is 0 Å². The third-order valence-electron chi connectivity index (χ3n) is 6.08. The maximum absolute atomic E-state index is 4.88. The highest BCUT2D eigenvalue weighted by Crippen LogP contribution is 2.24. The first-order chi connectivity index (χ1) is 15.8. The molecule has 0 bridgehead atoms. The molecule has 1 aliphatic heterocycles. The summed E-state index contributed by atoms with van der Waals surface area (Å²) < 4.78 is 1.85. The van der Waals surface area contributed by atoms with Crippen molar-refractivity contribution < 1.29 is 0 Å². The molecule has 5 heterocycles. The van der Waals surface area contributed by atoms with Gasteiger partial charge in [-0.25, -0.2) is 14.6 Å². The molecule has 0 N–H and O–H groups in total. The second-order valence-electron chi connectivity index (χ2n) is 8.27. The third-order valence-corrected chi connectivity index (χ3v) is 6.08. The molecule has 32 heavy (non-hydrogen) atoms. The van der Waals surface area contributed by atoms with Crippen LogP contribution in [0, 0.1) is 0 Å². The van der Waals surface area contributed by atoms with E-state index in [0.717, 1.165) is 57.8 Å². The van der Waals surface area contributed by atoms with Gasteiger partial charge >= 0.3 is 0 Å². The molecular formula is C25H23N7. The molecule has 0 atom stereocenters. The summed E-state index contributed by atoms with van der Waals surface area (Å²) in [5.41, 5.74) is 5.55. The number of piperidine rings is 1. The maximum Gasteiger partial charge on any atom is 0.179 e. The van der Waals surface area contributed by atoms with Gasteiger partial charge in [0.25, 0.3) is 0 Å². The van der Waals surface area contributed by atoms with Crippen LogP contribution < -0.4 is 4.90 Å². The van der Waals surface area contributed by atoms with Crippen LogP contribution in [0.15, 0.2) is 67.0 Å². The maximum atomic E-state index is 4.88. The third kappa shape index (κ3) is 3.56. The lowest BCUT2D eigenvalue weighted by molar-refractivity contribution is 0.573. The van der Waals surface area contributed by atoms with Gasteiger partial charge in [0, 0.05) is 36.4 Å². The van der Waals surface area contributed by atoms with Gasteiger partial charge in [-0.05, 0) is 67.3 Å². The number of aromatic nitrogens is 6. The fourth-order valence-electron chi connectivity index (χ4n) is 4.36. The van der Waals surface area contributed by atoms with E-state index in [1.54, 1.807) is 0 Å². The van der Waals surface area contributed by atoms with Crippen LogP contribution in [0.3, 0.4) is 0 Å². The highest BCUT2D eigenvalue weighted by Gasteiger charge is 2.13. The number of pyridine rings is 3. The zero-order chi connectivity index (χ0) is 21.3. The molecule has 0 spiro atoms. The first kappa shape index (κ1) is 18.9. The standard InChI is InChI=1S/C25H23N7/c1-2-13-31(14-3-1)24-11-7-20(16-27-24)22-9-10-23-25(28-22)32(30-29-23)17-18-6-8-21-19(15-18)5-4-12-26-21/h4-12,15-16H,1-3,13-14,17H2. The highest BCUT2D eigenvalue weighted by atomic mass is 15.4. The van der Waals surface area contributed by atoms with Crippen LogP contribution in [0.25, 0.3) is 33.3 Å². The molecule has 0 unspecified atom stereocenters. The number of nitrogens with zero attached hydrogens (tertiary/aromatic N) is 7. The minimum absolute atomic E-state index is 0.601. The lowest BCUT2D eigenvalue weighted by Gasteiger charge is -2.27. The number of hydrogen-bond donors (Lipinski definition) is 0. The summed E-state index contributed by atoms with van der Waals surface area (Å²) in [6.07, 6.45) is 7.53. The number of hydrogen-bond acceptors (Lipinski definition) is 6. The van der Waals surface area contributed by atoms with Gasteiger partial charge in [0.15, 0.2) is 5.65 Å². The van der Waals surface area contributed by atoms with Gasteiger partial charge in [-0.3, -0.25) is 4.98 Å². The molecule has 7 heteroatoms. The first-order valence-corrected chi connectivity index (χ1v) is 11.1. The Bertz CT molecular complexity index is 1380. The number of anilines is 1. The van der Waals surface area contributed by atoms with Gasteiger partial charge in [0.1, 0.15) is 11.3 Å². The molecule has 1 aromatic carbocycles. The smallest absolute Gasteiger partial charge is 0.179 e. The summed E-state index contributed by atoms with van der Waals surface area (Å²) in [4.78, 5) is 16.3. The molecule has 0 amide bonds. The second kappa shape index (κ2) is 8.00. The van der Waals surface area contributed by atoms with Gasteiger partial charge in [-0.2, -0.15) is 0 Å². The zero-order valence-electron chi connectivity index (χ0n) is 17.7. The van der Waals surface area contributed by atoms with E-state index < -0.39 is 0 Å². The van der Waals surface area contributed by atoms with Gasteiger partial charge in [0.05, 0.1) is 17.8 Å². The Labute approximate surface area is 185 Å². The lowest BCUT2D eigenvalue weighted by Crippen LogP contribution is -2.29. The van der Waals surface area contributed by atoms with Crippen LogP contribution in [-0.4, -0.2) is 43.0 Å². The van der Waals surface area contributed by atoms with Crippen molar-refractivity contribution in [3.63, 3.8) is 0 Å². The van der Waals surface area contributed by atoms with Gasteiger partial charge in [-0.15, -0.1) is 5.10 Å². The van der Waals surface area contributed by atoms with Crippen LogP contribution in [-0.2, 0) is 6.54 Å². The minimum atomic E-state index is 0.601. The summed E-state index contributed by atoms with van der Waals surface area (Å²) in [5, 5.41) is 9.76. The lowest BCUT2D eigenvalue weighted by atomic mass is 10.1. The Kier molecular flexibility index (Phi) is 4.71. The van der Waals surface area contributed by atoms with E-state index in [-0.39, 0.29) is 0 Å². The summed E-state index contributed by atoms with van der Waals surface area (Å²) in [6, 6.07) is 18.5.